The van der Waals surface area contributed by atoms with Gasteiger partial charge in [0.1, 0.15) is 5.84 Å². The summed E-state index contributed by atoms with van der Waals surface area (Å²) in [5.74, 6) is 2.01. The number of ether oxygens (including phenoxy) is 2. The van der Waals surface area contributed by atoms with Gasteiger partial charge >= 0.3 is 0 Å². The lowest BCUT2D eigenvalue weighted by atomic mass is 10.0. The fraction of sp³-hybridized carbons (Fsp3) is 0.588. The van der Waals surface area contributed by atoms with Crippen molar-refractivity contribution in [2.75, 3.05) is 13.2 Å². The zero-order valence-corrected chi connectivity index (χ0v) is 13.4. The lowest BCUT2D eigenvalue weighted by Gasteiger charge is -2.18. The van der Waals surface area contributed by atoms with Crippen molar-refractivity contribution in [1.82, 2.24) is 0 Å². The standard InChI is InChI=1S/C17H28N2O2/c1-4-7-8-13(5-2)12-21-15-10-9-14(17(18)19)11-16(15)20-6-3/h9-11,13H,4-8,12H2,1-3H3,(H3,18,19). The molecule has 0 radical (unpaired) electrons. The van der Waals surface area contributed by atoms with E-state index >= 15 is 0 Å². The van der Waals surface area contributed by atoms with Gasteiger partial charge in [-0.05, 0) is 37.5 Å². The van der Waals surface area contributed by atoms with Crippen LogP contribution in [-0.4, -0.2) is 19.0 Å². The highest BCUT2D eigenvalue weighted by atomic mass is 16.5. The van der Waals surface area contributed by atoms with E-state index in [1.54, 1.807) is 12.1 Å². The average molecular weight is 292 g/mol. The first-order valence-electron chi connectivity index (χ1n) is 7.86. The molecule has 0 amide bonds. The third-order valence-corrected chi connectivity index (χ3v) is 3.57. The Bertz CT molecular complexity index is 446. The second-order valence-corrected chi connectivity index (χ2v) is 5.24. The number of nitrogens with two attached hydrogens (primary N) is 1. The topological polar surface area (TPSA) is 68.3 Å². The smallest absolute Gasteiger partial charge is 0.161 e. The summed E-state index contributed by atoms with van der Waals surface area (Å²) in [7, 11) is 0. The fourth-order valence-electron chi connectivity index (χ4n) is 2.17. The van der Waals surface area contributed by atoms with E-state index in [9.17, 15) is 0 Å². The molecule has 0 aromatic heterocycles. The second kappa shape index (κ2) is 9.27. The first kappa shape index (κ1) is 17.3. The zero-order chi connectivity index (χ0) is 15.7. The number of benzene rings is 1. The Hall–Kier alpha value is -1.71. The molecular formula is C17H28N2O2. The predicted octanol–water partition coefficient (Wildman–Crippen LogP) is 3.96. The van der Waals surface area contributed by atoms with Gasteiger partial charge in [-0.1, -0.05) is 33.1 Å². The van der Waals surface area contributed by atoms with Crippen molar-refractivity contribution in [1.29, 1.82) is 5.41 Å². The van der Waals surface area contributed by atoms with Crippen molar-refractivity contribution in [2.24, 2.45) is 11.7 Å². The molecule has 0 fully saturated rings. The molecule has 1 rings (SSSR count). The van der Waals surface area contributed by atoms with E-state index in [0.717, 1.165) is 12.2 Å². The van der Waals surface area contributed by atoms with E-state index in [-0.39, 0.29) is 5.84 Å². The summed E-state index contributed by atoms with van der Waals surface area (Å²) in [5, 5.41) is 7.49. The van der Waals surface area contributed by atoms with Gasteiger partial charge in [-0.15, -0.1) is 0 Å². The third kappa shape index (κ3) is 5.66. The van der Waals surface area contributed by atoms with Crippen LogP contribution in [-0.2, 0) is 0 Å². The summed E-state index contributed by atoms with van der Waals surface area (Å²) in [6.07, 6.45) is 4.77. The molecule has 0 heterocycles. The van der Waals surface area contributed by atoms with E-state index in [2.05, 4.69) is 13.8 Å². The monoisotopic (exact) mass is 292 g/mol. The minimum atomic E-state index is 0.0388. The first-order valence-corrected chi connectivity index (χ1v) is 7.86. The number of hydrogen-bond acceptors (Lipinski definition) is 3. The lowest BCUT2D eigenvalue weighted by molar-refractivity contribution is 0.219. The number of rotatable bonds is 10. The maximum absolute atomic E-state index is 7.49. The predicted molar refractivity (Wildman–Crippen MR) is 87.4 cm³/mol. The van der Waals surface area contributed by atoms with Crippen molar-refractivity contribution >= 4 is 5.84 Å². The van der Waals surface area contributed by atoms with Crippen molar-refractivity contribution < 1.29 is 9.47 Å². The van der Waals surface area contributed by atoms with Crippen LogP contribution in [0.3, 0.4) is 0 Å². The SMILES string of the molecule is CCCCC(CC)COc1ccc(C(=N)N)cc1OCC. The maximum atomic E-state index is 7.49. The molecule has 0 aliphatic rings. The molecule has 1 unspecified atom stereocenters. The largest absolute Gasteiger partial charge is 0.490 e. The minimum Gasteiger partial charge on any atom is -0.490 e. The summed E-state index contributed by atoms with van der Waals surface area (Å²) in [6, 6.07) is 5.41. The van der Waals surface area contributed by atoms with Crippen LogP contribution in [0.4, 0.5) is 0 Å². The van der Waals surface area contributed by atoms with Crippen molar-refractivity contribution in [3.8, 4) is 11.5 Å². The molecule has 1 aromatic rings. The van der Waals surface area contributed by atoms with Crippen LogP contribution in [0.1, 0.15) is 52.0 Å². The second-order valence-electron chi connectivity index (χ2n) is 5.24. The molecule has 0 bridgehead atoms. The molecule has 1 atom stereocenters. The Kier molecular flexibility index (Phi) is 7.65. The Morgan fingerprint density at radius 1 is 1.19 bits per heavy atom. The molecule has 4 heteroatoms. The Morgan fingerprint density at radius 2 is 1.95 bits per heavy atom. The summed E-state index contributed by atoms with van der Waals surface area (Å²) >= 11 is 0. The Morgan fingerprint density at radius 3 is 2.52 bits per heavy atom. The van der Waals surface area contributed by atoms with Crippen LogP contribution in [0.5, 0.6) is 11.5 Å². The molecule has 0 spiro atoms. The van der Waals surface area contributed by atoms with Gasteiger partial charge in [-0.3, -0.25) is 5.41 Å². The molecule has 21 heavy (non-hydrogen) atoms. The minimum absolute atomic E-state index is 0.0388. The van der Waals surface area contributed by atoms with Gasteiger partial charge in [-0.2, -0.15) is 0 Å². The van der Waals surface area contributed by atoms with Gasteiger partial charge < -0.3 is 15.2 Å². The van der Waals surface area contributed by atoms with Crippen LogP contribution < -0.4 is 15.2 Å². The number of nitrogen functional groups attached to an aromatic ring is 1. The van der Waals surface area contributed by atoms with E-state index in [4.69, 9.17) is 20.6 Å². The van der Waals surface area contributed by atoms with Gasteiger partial charge in [0.2, 0.25) is 0 Å². The van der Waals surface area contributed by atoms with Crippen LogP contribution in [0.25, 0.3) is 0 Å². The van der Waals surface area contributed by atoms with Gasteiger partial charge in [0.15, 0.2) is 11.5 Å². The normalized spacial score (nSPS) is 12.0. The van der Waals surface area contributed by atoms with Crippen LogP contribution in [0.2, 0.25) is 0 Å². The third-order valence-electron chi connectivity index (χ3n) is 3.57. The molecule has 0 aliphatic heterocycles. The van der Waals surface area contributed by atoms with Crippen molar-refractivity contribution in [2.45, 2.75) is 46.5 Å². The van der Waals surface area contributed by atoms with Gasteiger partial charge in [0, 0.05) is 5.56 Å². The van der Waals surface area contributed by atoms with Crippen molar-refractivity contribution in [3.63, 3.8) is 0 Å². The van der Waals surface area contributed by atoms with Gasteiger partial charge in [0.25, 0.3) is 0 Å². The highest BCUT2D eigenvalue weighted by molar-refractivity contribution is 5.95. The number of unbranched alkanes of at least 4 members (excludes halogenated alkanes) is 1. The van der Waals surface area contributed by atoms with E-state index in [1.165, 1.54) is 19.3 Å². The van der Waals surface area contributed by atoms with Crippen molar-refractivity contribution in [3.05, 3.63) is 23.8 Å². The van der Waals surface area contributed by atoms with E-state index in [0.29, 0.717) is 30.4 Å². The number of nitrogens with one attached hydrogen (secondary N) is 1. The van der Waals surface area contributed by atoms with Gasteiger partial charge in [0.05, 0.1) is 13.2 Å². The highest BCUT2D eigenvalue weighted by Crippen LogP contribution is 2.29. The molecule has 3 N–H and O–H groups in total. The molecular weight excluding hydrogens is 264 g/mol. The summed E-state index contributed by atoms with van der Waals surface area (Å²) < 4.78 is 11.5. The van der Waals surface area contributed by atoms with Crippen LogP contribution >= 0.6 is 0 Å². The fourth-order valence-corrected chi connectivity index (χ4v) is 2.17. The summed E-state index contributed by atoms with van der Waals surface area (Å²) in [4.78, 5) is 0. The number of amidine groups is 1. The molecule has 4 nitrogen and oxygen atoms in total. The molecule has 1 aromatic carbocycles. The highest BCUT2D eigenvalue weighted by Gasteiger charge is 2.11. The first-order chi connectivity index (χ1) is 10.1. The summed E-state index contributed by atoms with van der Waals surface area (Å²) in [6.45, 7) is 7.61. The van der Waals surface area contributed by atoms with Gasteiger partial charge in [-0.25, -0.2) is 0 Å². The lowest BCUT2D eigenvalue weighted by Crippen LogP contribution is -2.13. The zero-order valence-electron chi connectivity index (χ0n) is 13.4. The maximum Gasteiger partial charge on any atom is 0.161 e. The van der Waals surface area contributed by atoms with E-state index in [1.807, 2.05) is 13.0 Å². The Balaban J connectivity index is 2.74. The van der Waals surface area contributed by atoms with Crippen LogP contribution in [0, 0.1) is 11.3 Å². The quantitative estimate of drug-likeness (QED) is 0.506. The number of hydrogen-bond donors (Lipinski definition) is 2. The molecule has 118 valence electrons. The average Bonchev–Trinajstić information content (AvgIpc) is 2.48. The molecule has 0 aliphatic carbocycles. The van der Waals surface area contributed by atoms with E-state index < -0.39 is 0 Å². The molecule has 0 saturated heterocycles. The Labute approximate surface area is 128 Å². The van der Waals surface area contributed by atoms with Crippen LogP contribution in [0.15, 0.2) is 18.2 Å². The molecule has 0 saturated carbocycles. The summed E-state index contributed by atoms with van der Waals surface area (Å²) in [5.41, 5.74) is 6.17.